The zero-order chi connectivity index (χ0) is 14.1. The molecule has 0 saturated heterocycles. The number of rotatable bonds is 2. The predicted molar refractivity (Wildman–Crippen MR) is 78.0 cm³/mol. The summed E-state index contributed by atoms with van der Waals surface area (Å²) in [6.07, 6.45) is 1.78. The first-order valence-corrected chi connectivity index (χ1v) is 6.63. The highest BCUT2D eigenvalue weighted by Gasteiger charge is 2.32. The summed E-state index contributed by atoms with van der Waals surface area (Å²) in [5.74, 6) is -0.282. The number of allylic oxidation sites excluding steroid dienone is 2. The number of hydrogen-bond donors (Lipinski definition) is 0. The van der Waals surface area contributed by atoms with Crippen LogP contribution >= 0.6 is 0 Å². The molecule has 3 rings (SSSR count). The molecule has 2 aromatic rings. The van der Waals surface area contributed by atoms with Crippen molar-refractivity contribution in [3.05, 3.63) is 82.9 Å². The summed E-state index contributed by atoms with van der Waals surface area (Å²) in [5, 5.41) is 0. The predicted octanol–water partition coefficient (Wildman–Crippen LogP) is 3.80. The van der Waals surface area contributed by atoms with Gasteiger partial charge in [-0.3, -0.25) is 9.59 Å². The summed E-state index contributed by atoms with van der Waals surface area (Å²) in [6, 6.07) is 16.9. The van der Waals surface area contributed by atoms with Crippen LogP contribution in [0.2, 0.25) is 0 Å². The Morgan fingerprint density at radius 2 is 1.30 bits per heavy atom. The van der Waals surface area contributed by atoms with Crippen LogP contribution in [-0.2, 0) is 0 Å². The van der Waals surface area contributed by atoms with Gasteiger partial charge in [0.1, 0.15) is 0 Å². The summed E-state index contributed by atoms with van der Waals surface area (Å²) < 4.78 is 0. The molecular weight excluding hydrogens is 248 g/mol. The number of carbonyl (C=O) groups excluding carboxylic acids is 2. The molecule has 2 nitrogen and oxygen atoms in total. The number of benzene rings is 2. The average Bonchev–Trinajstić information content (AvgIpc) is 2.74. The summed E-state index contributed by atoms with van der Waals surface area (Å²) in [6.45, 7) is 1.99. The van der Waals surface area contributed by atoms with Gasteiger partial charge in [0, 0.05) is 17.0 Å². The minimum absolute atomic E-state index is 0.0356. The lowest BCUT2D eigenvalue weighted by Crippen LogP contribution is -2.03. The summed E-state index contributed by atoms with van der Waals surface area (Å²) in [4.78, 5) is 24.6. The van der Waals surface area contributed by atoms with E-state index < -0.39 is 0 Å². The van der Waals surface area contributed by atoms with Crippen LogP contribution in [0.5, 0.6) is 0 Å². The standard InChI is InChI=1S/C18H14O2/c1-12(13-7-3-2-4-8-13)11-16-17(19)14-9-5-6-10-15(14)18(16)20/h2-12H,1H3/t12-/m0/s1. The van der Waals surface area contributed by atoms with E-state index in [-0.39, 0.29) is 17.5 Å². The van der Waals surface area contributed by atoms with Gasteiger partial charge in [-0.25, -0.2) is 0 Å². The fraction of sp³-hybridized carbons (Fsp3) is 0.111. The number of hydrogen-bond acceptors (Lipinski definition) is 2. The van der Waals surface area contributed by atoms with E-state index in [1.807, 2.05) is 37.3 Å². The van der Waals surface area contributed by atoms with E-state index in [0.29, 0.717) is 16.7 Å². The molecule has 0 fully saturated rings. The minimum Gasteiger partial charge on any atom is -0.288 e. The quantitative estimate of drug-likeness (QED) is 0.609. The van der Waals surface area contributed by atoms with Crippen LogP contribution in [0.1, 0.15) is 39.1 Å². The van der Waals surface area contributed by atoms with Gasteiger partial charge in [0.05, 0.1) is 5.57 Å². The molecule has 0 unspecified atom stereocenters. The van der Waals surface area contributed by atoms with Crippen LogP contribution in [0, 0.1) is 0 Å². The van der Waals surface area contributed by atoms with Gasteiger partial charge in [-0.15, -0.1) is 0 Å². The second-order valence-corrected chi connectivity index (χ2v) is 4.98. The maximum absolute atomic E-state index is 12.3. The Labute approximate surface area is 117 Å². The largest absolute Gasteiger partial charge is 0.288 e. The molecule has 0 bridgehead atoms. The third-order valence-corrected chi connectivity index (χ3v) is 3.65. The van der Waals surface area contributed by atoms with E-state index in [1.165, 1.54) is 0 Å². The van der Waals surface area contributed by atoms with Crippen molar-refractivity contribution in [3.63, 3.8) is 0 Å². The molecular formula is C18H14O2. The molecule has 0 heterocycles. The molecule has 1 aliphatic carbocycles. The number of carbonyl (C=O) groups is 2. The van der Waals surface area contributed by atoms with Crippen molar-refractivity contribution in [2.75, 3.05) is 0 Å². The summed E-state index contributed by atoms with van der Waals surface area (Å²) in [7, 11) is 0. The van der Waals surface area contributed by atoms with Gasteiger partial charge in [0.15, 0.2) is 11.6 Å². The van der Waals surface area contributed by atoms with Crippen molar-refractivity contribution in [1.82, 2.24) is 0 Å². The van der Waals surface area contributed by atoms with Crippen molar-refractivity contribution in [1.29, 1.82) is 0 Å². The third kappa shape index (κ3) is 1.99. The highest BCUT2D eigenvalue weighted by Crippen LogP contribution is 2.29. The Balaban J connectivity index is 1.99. The molecule has 2 aromatic carbocycles. The Bertz CT molecular complexity index is 674. The van der Waals surface area contributed by atoms with E-state index in [4.69, 9.17) is 0 Å². The highest BCUT2D eigenvalue weighted by molar-refractivity contribution is 6.39. The van der Waals surface area contributed by atoms with Gasteiger partial charge in [-0.2, -0.15) is 0 Å². The second-order valence-electron chi connectivity index (χ2n) is 4.98. The molecule has 98 valence electrons. The lowest BCUT2D eigenvalue weighted by molar-refractivity contribution is 0.0988. The second kappa shape index (κ2) is 4.89. The van der Waals surface area contributed by atoms with Crippen LogP contribution < -0.4 is 0 Å². The van der Waals surface area contributed by atoms with Crippen molar-refractivity contribution < 1.29 is 9.59 Å². The van der Waals surface area contributed by atoms with Gasteiger partial charge >= 0.3 is 0 Å². The molecule has 20 heavy (non-hydrogen) atoms. The summed E-state index contributed by atoms with van der Waals surface area (Å²) in [5.41, 5.74) is 2.42. The van der Waals surface area contributed by atoms with Gasteiger partial charge in [0.2, 0.25) is 0 Å². The fourth-order valence-corrected chi connectivity index (χ4v) is 2.53. The number of fused-ring (bicyclic) bond motifs is 1. The molecule has 1 aliphatic rings. The van der Waals surface area contributed by atoms with E-state index in [0.717, 1.165) is 5.56 Å². The Kier molecular flexibility index (Phi) is 3.07. The van der Waals surface area contributed by atoms with Gasteiger partial charge in [-0.1, -0.05) is 67.6 Å². The molecule has 0 amide bonds. The normalized spacial score (nSPS) is 15.2. The molecule has 0 saturated carbocycles. The van der Waals surface area contributed by atoms with Gasteiger partial charge in [0.25, 0.3) is 0 Å². The Morgan fingerprint density at radius 3 is 1.85 bits per heavy atom. The zero-order valence-electron chi connectivity index (χ0n) is 11.2. The van der Waals surface area contributed by atoms with E-state index in [9.17, 15) is 9.59 Å². The first kappa shape index (κ1) is 12.5. The lowest BCUT2D eigenvalue weighted by Gasteiger charge is -2.07. The van der Waals surface area contributed by atoms with E-state index in [2.05, 4.69) is 0 Å². The lowest BCUT2D eigenvalue weighted by atomic mass is 9.97. The topological polar surface area (TPSA) is 34.1 Å². The minimum atomic E-state index is -0.159. The van der Waals surface area contributed by atoms with Crippen LogP contribution in [0.3, 0.4) is 0 Å². The maximum Gasteiger partial charge on any atom is 0.197 e. The monoisotopic (exact) mass is 262 g/mol. The van der Waals surface area contributed by atoms with Gasteiger partial charge < -0.3 is 0 Å². The molecule has 0 aliphatic heterocycles. The van der Waals surface area contributed by atoms with Crippen LogP contribution in [0.4, 0.5) is 0 Å². The van der Waals surface area contributed by atoms with Crippen molar-refractivity contribution in [2.45, 2.75) is 12.8 Å². The molecule has 0 aromatic heterocycles. The summed E-state index contributed by atoms with van der Waals surface area (Å²) >= 11 is 0. The smallest absolute Gasteiger partial charge is 0.197 e. The average molecular weight is 262 g/mol. The Hall–Kier alpha value is -2.48. The first-order chi connectivity index (χ1) is 9.68. The first-order valence-electron chi connectivity index (χ1n) is 6.63. The van der Waals surface area contributed by atoms with Crippen LogP contribution in [0.25, 0.3) is 0 Å². The van der Waals surface area contributed by atoms with Crippen LogP contribution in [-0.4, -0.2) is 11.6 Å². The SMILES string of the molecule is C[C@@H](C=C1C(=O)c2ccccc2C1=O)c1ccccc1. The molecule has 0 radical (unpaired) electrons. The van der Waals surface area contributed by atoms with Crippen molar-refractivity contribution in [3.8, 4) is 0 Å². The van der Waals surface area contributed by atoms with Gasteiger partial charge in [-0.05, 0) is 5.56 Å². The highest BCUT2D eigenvalue weighted by atomic mass is 16.2. The van der Waals surface area contributed by atoms with Crippen molar-refractivity contribution >= 4 is 11.6 Å². The molecule has 1 atom stereocenters. The maximum atomic E-state index is 12.3. The Morgan fingerprint density at radius 1 is 0.800 bits per heavy atom. The van der Waals surface area contributed by atoms with E-state index in [1.54, 1.807) is 30.3 Å². The molecule has 0 spiro atoms. The molecule has 0 N–H and O–H groups in total. The molecule has 2 heteroatoms. The van der Waals surface area contributed by atoms with Crippen LogP contribution in [0.15, 0.2) is 66.2 Å². The number of Topliss-reactive ketones (excluding diaryl/α,β-unsaturated/α-hetero) is 2. The van der Waals surface area contributed by atoms with E-state index >= 15 is 0 Å². The zero-order valence-corrected chi connectivity index (χ0v) is 11.2. The fourth-order valence-electron chi connectivity index (χ4n) is 2.53. The van der Waals surface area contributed by atoms with Crippen molar-refractivity contribution in [2.24, 2.45) is 0 Å². The number of ketones is 2. The third-order valence-electron chi connectivity index (χ3n) is 3.65.